The van der Waals surface area contributed by atoms with Gasteiger partial charge >= 0.3 is 6.18 Å². The lowest BCUT2D eigenvalue weighted by atomic mass is 10.0. The van der Waals surface area contributed by atoms with Crippen LogP contribution in [0.15, 0.2) is 54.9 Å². The van der Waals surface area contributed by atoms with Crippen LogP contribution in [-0.2, 0) is 6.18 Å². The van der Waals surface area contributed by atoms with E-state index < -0.39 is 11.9 Å². The highest BCUT2D eigenvalue weighted by Crippen LogP contribution is 2.37. The number of fused-ring (bicyclic) bond motifs is 1. The van der Waals surface area contributed by atoms with E-state index in [1.807, 2.05) is 29.2 Å². The van der Waals surface area contributed by atoms with Crippen molar-refractivity contribution >= 4 is 27.4 Å². The van der Waals surface area contributed by atoms with Crippen LogP contribution in [0.25, 0.3) is 21.6 Å². The summed E-state index contributed by atoms with van der Waals surface area (Å²) in [6, 6.07) is 12.2. The summed E-state index contributed by atoms with van der Waals surface area (Å²) in [7, 11) is 0. The number of pyridine rings is 1. The molecule has 1 saturated heterocycles. The molecule has 29 heavy (non-hydrogen) atoms. The number of para-hydroxylation sites is 1. The Kier molecular flexibility index (Phi) is 4.20. The average Bonchev–Trinajstić information content (AvgIpc) is 3.10. The number of halogens is 3. The number of hydrogen-bond acceptors (Lipinski definition) is 6. The van der Waals surface area contributed by atoms with Crippen LogP contribution in [0.5, 0.6) is 0 Å². The summed E-state index contributed by atoms with van der Waals surface area (Å²) in [5.74, 6) is 0.466. The number of hydrogen-bond donors (Lipinski definition) is 0. The van der Waals surface area contributed by atoms with Crippen molar-refractivity contribution in [3.05, 3.63) is 65.6 Å². The number of alkyl halides is 3. The first-order valence-electron chi connectivity index (χ1n) is 8.94. The van der Waals surface area contributed by atoms with Gasteiger partial charge < -0.3 is 4.90 Å². The second-order valence-corrected chi connectivity index (χ2v) is 7.86. The van der Waals surface area contributed by atoms with Gasteiger partial charge in [0.05, 0.1) is 10.2 Å². The van der Waals surface area contributed by atoms with Crippen molar-refractivity contribution < 1.29 is 13.2 Å². The Morgan fingerprint density at radius 1 is 1.00 bits per heavy atom. The Morgan fingerprint density at radius 3 is 2.55 bits per heavy atom. The molecule has 0 amide bonds. The van der Waals surface area contributed by atoms with Gasteiger partial charge in [0.2, 0.25) is 0 Å². The Bertz CT molecular complexity index is 1140. The van der Waals surface area contributed by atoms with E-state index in [0.717, 1.165) is 21.3 Å². The highest BCUT2D eigenvalue weighted by atomic mass is 32.1. The predicted octanol–water partition coefficient (Wildman–Crippen LogP) is 4.77. The fourth-order valence-electron chi connectivity index (χ4n) is 3.25. The summed E-state index contributed by atoms with van der Waals surface area (Å²) >= 11 is 1.63. The average molecular weight is 413 g/mol. The van der Waals surface area contributed by atoms with Crippen molar-refractivity contribution in [2.45, 2.75) is 12.1 Å². The normalized spacial score (nSPS) is 14.9. The third-order valence-electron chi connectivity index (χ3n) is 4.79. The number of thiazole rings is 1. The maximum absolute atomic E-state index is 13.4. The van der Waals surface area contributed by atoms with Gasteiger partial charge in [-0.05, 0) is 24.3 Å². The minimum absolute atomic E-state index is 0.0198. The van der Waals surface area contributed by atoms with E-state index in [0.29, 0.717) is 18.7 Å². The van der Waals surface area contributed by atoms with E-state index in [1.54, 1.807) is 29.7 Å². The van der Waals surface area contributed by atoms with Gasteiger partial charge in [0.25, 0.3) is 0 Å². The number of benzene rings is 1. The SMILES string of the molecule is FC(F)(F)c1cc(N2CC(c3nc4ccccc4s3)C2)nc(-c2cccnc2)n1. The number of rotatable bonds is 3. The summed E-state index contributed by atoms with van der Waals surface area (Å²) in [5.41, 5.74) is 0.444. The minimum Gasteiger partial charge on any atom is -0.355 e. The molecule has 1 fully saturated rings. The van der Waals surface area contributed by atoms with Gasteiger partial charge in [-0.3, -0.25) is 4.98 Å². The molecule has 1 aliphatic heterocycles. The van der Waals surface area contributed by atoms with Crippen LogP contribution in [0.1, 0.15) is 16.6 Å². The smallest absolute Gasteiger partial charge is 0.355 e. The molecule has 146 valence electrons. The summed E-state index contributed by atoms with van der Waals surface area (Å²) in [6.45, 7) is 1.14. The zero-order valence-corrected chi connectivity index (χ0v) is 15.8. The van der Waals surface area contributed by atoms with E-state index in [9.17, 15) is 13.2 Å². The van der Waals surface area contributed by atoms with Gasteiger partial charge in [-0.15, -0.1) is 11.3 Å². The molecule has 0 aliphatic carbocycles. The second-order valence-electron chi connectivity index (χ2n) is 6.80. The van der Waals surface area contributed by atoms with E-state index in [2.05, 4.69) is 19.9 Å². The Hall–Kier alpha value is -3.07. The monoisotopic (exact) mass is 413 g/mol. The third-order valence-corrected chi connectivity index (χ3v) is 5.99. The fourth-order valence-corrected chi connectivity index (χ4v) is 4.30. The highest BCUT2D eigenvalue weighted by Gasteiger charge is 2.37. The molecule has 1 aromatic carbocycles. The van der Waals surface area contributed by atoms with Crippen LogP contribution in [0, 0.1) is 0 Å². The van der Waals surface area contributed by atoms with Crippen molar-refractivity contribution in [2.24, 2.45) is 0 Å². The molecule has 0 spiro atoms. The molecule has 9 heteroatoms. The minimum atomic E-state index is -4.55. The van der Waals surface area contributed by atoms with Gasteiger partial charge in [-0.2, -0.15) is 13.2 Å². The van der Waals surface area contributed by atoms with Gasteiger partial charge in [-0.25, -0.2) is 15.0 Å². The lowest BCUT2D eigenvalue weighted by Gasteiger charge is -2.39. The topological polar surface area (TPSA) is 54.8 Å². The zero-order valence-electron chi connectivity index (χ0n) is 15.0. The first kappa shape index (κ1) is 18.0. The van der Waals surface area contributed by atoms with Crippen LogP contribution in [0.3, 0.4) is 0 Å². The largest absolute Gasteiger partial charge is 0.433 e. The summed E-state index contributed by atoms with van der Waals surface area (Å²) in [5, 5.41) is 1.00. The van der Waals surface area contributed by atoms with Crippen LogP contribution >= 0.6 is 11.3 Å². The first-order valence-corrected chi connectivity index (χ1v) is 9.76. The number of aromatic nitrogens is 4. The van der Waals surface area contributed by atoms with Gasteiger partial charge in [0, 0.05) is 43.0 Å². The summed E-state index contributed by atoms with van der Waals surface area (Å²) in [4.78, 5) is 18.5. The number of anilines is 1. The lowest BCUT2D eigenvalue weighted by molar-refractivity contribution is -0.141. The van der Waals surface area contributed by atoms with E-state index in [4.69, 9.17) is 0 Å². The molecule has 0 radical (unpaired) electrons. The van der Waals surface area contributed by atoms with Crippen LogP contribution in [0.2, 0.25) is 0 Å². The van der Waals surface area contributed by atoms with E-state index in [1.165, 1.54) is 6.20 Å². The van der Waals surface area contributed by atoms with E-state index >= 15 is 0 Å². The first-order chi connectivity index (χ1) is 14.0. The molecule has 0 unspecified atom stereocenters. The molecule has 5 nitrogen and oxygen atoms in total. The molecule has 0 bridgehead atoms. The Morgan fingerprint density at radius 2 is 1.83 bits per heavy atom. The lowest BCUT2D eigenvalue weighted by Crippen LogP contribution is -2.45. The third kappa shape index (κ3) is 3.42. The maximum Gasteiger partial charge on any atom is 0.433 e. The van der Waals surface area contributed by atoms with Crippen molar-refractivity contribution in [3.63, 3.8) is 0 Å². The second kappa shape index (κ2) is 6.77. The van der Waals surface area contributed by atoms with Crippen LogP contribution in [0.4, 0.5) is 19.0 Å². The molecule has 0 atom stereocenters. The maximum atomic E-state index is 13.4. The quantitative estimate of drug-likeness (QED) is 0.484. The molecule has 0 saturated carbocycles. The van der Waals surface area contributed by atoms with E-state index in [-0.39, 0.29) is 17.6 Å². The molecule has 4 heterocycles. The molecule has 5 rings (SSSR count). The molecule has 4 aromatic rings. The molecular formula is C20H14F3N5S. The summed E-state index contributed by atoms with van der Waals surface area (Å²) in [6.07, 6.45) is -1.54. The summed E-state index contributed by atoms with van der Waals surface area (Å²) < 4.78 is 41.2. The van der Waals surface area contributed by atoms with Crippen molar-refractivity contribution in [1.29, 1.82) is 0 Å². The van der Waals surface area contributed by atoms with Gasteiger partial charge in [0.15, 0.2) is 11.5 Å². The van der Waals surface area contributed by atoms with Crippen molar-refractivity contribution in [2.75, 3.05) is 18.0 Å². The van der Waals surface area contributed by atoms with Gasteiger partial charge in [-0.1, -0.05) is 12.1 Å². The van der Waals surface area contributed by atoms with Crippen molar-refractivity contribution in [1.82, 2.24) is 19.9 Å². The highest BCUT2D eigenvalue weighted by molar-refractivity contribution is 7.18. The van der Waals surface area contributed by atoms with Crippen LogP contribution < -0.4 is 4.90 Å². The Balaban J connectivity index is 1.44. The van der Waals surface area contributed by atoms with Gasteiger partial charge in [0.1, 0.15) is 10.8 Å². The molecule has 0 N–H and O–H groups in total. The number of nitrogens with zero attached hydrogens (tertiary/aromatic N) is 5. The predicted molar refractivity (Wildman–Crippen MR) is 105 cm³/mol. The molecular weight excluding hydrogens is 399 g/mol. The van der Waals surface area contributed by atoms with Crippen LogP contribution in [-0.4, -0.2) is 33.0 Å². The molecule has 3 aromatic heterocycles. The standard InChI is InChI=1S/C20H14F3N5S/c21-20(22,23)16-8-17(27-18(26-16)12-4-3-7-24-9-12)28-10-13(11-28)19-25-14-5-1-2-6-15(14)29-19/h1-9,13H,10-11H2. The zero-order chi connectivity index (χ0) is 20.0. The van der Waals surface area contributed by atoms with Crippen molar-refractivity contribution in [3.8, 4) is 11.4 Å². The Labute approximate surface area is 167 Å². The molecule has 1 aliphatic rings. The fraction of sp³-hybridized carbons (Fsp3) is 0.200.